The lowest BCUT2D eigenvalue weighted by atomic mass is 9.95. The van der Waals surface area contributed by atoms with Crippen molar-refractivity contribution < 1.29 is 0 Å². The fraction of sp³-hybridized carbons (Fsp3) is 0. The average molecular weight is 472 g/mol. The van der Waals surface area contributed by atoms with E-state index in [-0.39, 0.29) is 0 Å². The number of benzene rings is 5. The van der Waals surface area contributed by atoms with Crippen molar-refractivity contribution in [2.75, 3.05) is 0 Å². The van der Waals surface area contributed by atoms with Gasteiger partial charge in [0.2, 0.25) is 0 Å². The molecule has 0 unspecified atom stereocenters. The minimum Gasteiger partial charge on any atom is -0.309 e. The number of aromatic nitrogens is 3. The van der Waals surface area contributed by atoms with Crippen LogP contribution in [0.3, 0.4) is 0 Å². The third kappa shape index (κ3) is 2.95. The molecule has 0 amide bonds. The van der Waals surface area contributed by atoms with Crippen molar-refractivity contribution in [1.82, 2.24) is 14.5 Å². The van der Waals surface area contributed by atoms with Gasteiger partial charge in [0.05, 0.1) is 27.6 Å². The van der Waals surface area contributed by atoms with Crippen LogP contribution < -0.4 is 0 Å². The molecule has 0 saturated carbocycles. The molecule has 3 heterocycles. The van der Waals surface area contributed by atoms with Gasteiger partial charge in [-0.15, -0.1) is 0 Å². The van der Waals surface area contributed by atoms with Crippen molar-refractivity contribution in [2.45, 2.75) is 0 Å². The van der Waals surface area contributed by atoms with Crippen LogP contribution in [-0.2, 0) is 0 Å². The topological polar surface area (TPSA) is 30.7 Å². The average Bonchev–Trinajstić information content (AvgIpc) is 3.30. The number of pyridine rings is 2. The Hall–Kier alpha value is -5.02. The Morgan fingerprint density at radius 1 is 0.514 bits per heavy atom. The van der Waals surface area contributed by atoms with Crippen molar-refractivity contribution in [3.63, 3.8) is 0 Å². The van der Waals surface area contributed by atoms with Crippen molar-refractivity contribution in [3.8, 4) is 16.8 Å². The lowest BCUT2D eigenvalue weighted by Gasteiger charge is -2.15. The van der Waals surface area contributed by atoms with Crippen molar-refractivity contribution in [3.05, 3.63) is 128 Å². The first-order valence-electron chi connectivity index (χ1n) is 12.5. The highest BCUT2D eigenvalue weighted by molar-refractivity contribution is 6.16. The maximum absolute atomic E-state index is 5.08. The Bertz CT molecular complexity index is 2100. The van der Waals surface area contributed by atoms with E-state index >= 15 is 0 Å². The third-order valence-electron chi connectivity index (χ3n) is 7.40. The first-order valence-corrected chi connectivity index (χ1v) is 12.5. The van der Waals surface area contributed by atoms with Gasteiger partial charge in [-0.2, -0.15) is 0 Å². The summed E-state index contributed by atoms with van der Waals surface area (Å²) in [6, 6.07) is 43.0. The summed E-state index contributed by atoms with van der Waals surface area (Å²) in [4.78, 5) is 9.79. The Kier molecular flexibility index (Phi) is 4.23. The minimum atomic E-state index is 0.936. The van der Waals surface area contributed by atoms with E-state index < -0.39 is 0 Å². The van der Waals surface area contributed by atoms with E-state index in [1.54, 1.807) is 0 Å². The zero-order valence-electron chi connectivity index (χ0n) is 20.0. The molecule has 3 heteroatoms. The van der Waals surface area contributed by atoms with Crippen LogP contribution in [0.15, 0.2) is 128 Å². The Labute approximate surface area is 213 Å². The molecule has 0 atom stereocenters. The van der Waals surface area contributed by atoms with Crippen LogP contribution in [0.4, 0.5) is 0 Å². The second-order valence-electron chi connectivity index (χ2n) is 9.46. The molecular weight excluding hydrogens is 450 g/mol. The molecule has 5 aromatic carbocycles. The highest BCUT2D eigenvalue weighted by Crippen LogP contribution is 2.39. The predicted octanol–water partition coefficient (Wildman–Crippen LogP) is 8.70. The Balaban J connectivity index is 1.47. The van der Waals surface area contributed by atoms with E-state index in [4.69, 9.17) is 9.97 Å². The number of hydrogen-bond donors (Lipinski definition) is 0. The van der Waals surface area contributed by atoms with Gasteiger partial charge in [-0.1, -0.05) is 84.9 Å². The summed E-state index contributed by atoms with van der Waals surface area (Å²) < 4.78 is 2.37. The maximum Gasteiger partial charge on any atom is 0.0978 e. The second kappa shape index (κ2) is 7.74. The molecule has 3 aromatic heterocycles. The van der Waals surface area contributed by atoms with E-state index in [2.05, 4.69) is 120 Å². The molecule has 8 rings (SSSR count). The first kappa shape index (κ1) is 20.2. The van der Waals surface area contributed by atoms with Crippen LogP contribution in [0, 0.1) is 0 Å². The third-order valence-corrected chi connectivity index (χ3v) is 7.40. The quantitative estimate of drug-likeness (QED) is 0.186. The van der Waals surface area contributed by atoms with E-state index in [0.29, 0.717) is 0 Å². The maximum atomic E-state index is 5.08. The normalized spacial score (nSPS) is 11.8. The summed E-state index contributed by atoms with van der Waals surface area (Å²) in [6.07, 6.45) is 1.85. The van der Waals surface area contributed by atoms with Crippen molar-refractivity contribution in [1.29, 1.82) is 0 Å². The number of nitrogens with zero attached hydrogens (tertiary/aromatic N) is 3. The summed E-state index contributed by atoms with van der Waals surface area (Å²) in [5.41, 5.74) is 8.77. The zero-order valence-corrected chi connectivity index (χ0v) is 20.0. The number of fused-ring (bicyclic) bond motifs is 7. The number of hydrogen-bond acceptors (Lipinski definition) is 2. The SMILES string of the molecule is c1cc(-c2c3ccccc3nc3c2ccc2cccnc23)cc(-n2c3ccccc3c3ccccc32)c1. The van der Waals surface area contributed by atoms with Gasteiger partial charge < -0.3 is 4.57 Å². The highest BCUT2D eigenvalue weighted by atomic mass is 15.0. The lowest BCUT2D eigenvalue weighted by molar-refractivity contribution is 1.18. The van der Waals surface area contributed by atoms with E-state index in [1.807, 2.05) is 12.3 Å². The molecule has 172 valence electrons. The van der Waals surface area contributed by atoms with Gasteiger partial charge in [0, 0.05) is 44.4 Å². The van der Waals surface area contributed by atoms with Gasteiger partial charge in [-0.3, -0.25) is 4.98 Å². The van der Waals surface area contributed by atoms with Gasteiger partial charge in [-0.25, -0.2) is 4.98 Å². The van der Waals surface area contributed by atoms with Gasteiger partial charge in [0.15, 0.2) is 0 Å². The largest absolute Gasteiger partial charge is 0.309 e. The fourth-order valence-corrected chi connectivity index (χ4v) is 5.80. The Morgan fingerprint density at radius 2 is 1.24 bits per heavy atom. The van der Waals surface area contributed by atoms with Crippen LogP contribution in [0.1, 0.15) is 0 Å². The molecule has 3 nitrogen and oxygen atoms in total. The highest BCUT2D eigenvalue weighted by Gasteiger charge is 2.16. The summed E-state index contributed by atoms with van der Waals surface area (Å²) in [5.74, 6) is 0. The fourth-order valence-electron chi connectivity index (χ4n) is 5.80. The predicted molar refractivity (Wildman–Crippen MR) is 154 cm³/mol. The molecule has 0 aliphatic heterocycles. The van der Waals surface area contributed by atoms with Gasteiger partial charge in [-0.05, 0) is 42.0 Å². The molecule has 0 N–H and O–H groups in total. The molecule has 0 aliphatic carbocycles. The molecule has 0 fully saturated rings. The summed E-state index contributed by atoms with van der Waals surface area (Å²) in [5, 5.41) is 5.89. The lowest BCUT2D eigenvalue weighted by Crippen LogP contribution is -1.95. The number of rotatable bonds is 2. The van der Waals surface area contributed by atoms with Crippen LogP contribution in [0.25, 0.3) is 71.3 Å². The summed E-state index contributed by atoms with van der Waals surface area (Å²) >= 11 is 0. The van der Waals surface area contributed by atoms with Gasteiger partial charge >= 0.3 is 0 Å². The van der Waals surface area contributed by atoms with Crippen LogP contribution in [0.5, 0.6) is 0 Å². The molecule has 0 radical (unpaired) electrons. The molecule has 0 spiro atoms. The van der Waals surface area contributed by atoms with Crippen LogP contribution in [-0.4, -0.2) is 14.5 Å². The number of para-hydroxylation sites is 3. The van der Waals surface area contributed by atoms with Crippen LogP contribution >= 0.6 is 0 Å². The molecule has 37 heavy (non-hydrogen) atoms. The zero-order chi connectivity index (χ0) is 24.3. The van der Waals surface area contributed by atoms with E-state index in [9.17, 15) is 0 Å². The molecule has 0 bridgehead atoms. The van der Waals surface area contributed by atoms with Gasteiger partial charge in [0.25, 0.3) is 0 Å². The summed E-state index contributed by atoms with van der Waals surface area (Å²) in [6.45, 7) is 0. The smallest absolute Gasteiger partial charge is 0.0978 e. The molecule has 0 aliphatic rings. The second-order valence-corrected chi connectivity index (χ2v) is 9.46. The molecule has 8 aromatic rings. The molecule has 0 saturated heterocycles. The van der Waals surface area contributed by atoms with Crippen LogP contribution in [0.2, 0.25) is 0 Å². The Morgan fingerprint density at radius 3 is 2.05 bits per heavy atom. The van der Waals surface area contributed by atoms with Crippen molar-refractivity contribution >= 4 is 54.5 Å². The monoisotopic (exact) mass is 471 g/mol. The summed E-state index contributed by atoms with van der Waals surface area (Å²) in [7, 11) is 0. The van der Waals surface area contributed by atoms with Gasteiger partial charge in [0.1, 0.15) is 0 Å². The standard InChI is InChI=1S/C34H21N3/c1-4-15-29-27(14-1)32(28-19-18-22-10-8-20-35-33(22)34(28)36-29)23-9-7-11-24(21-23)37-30-16-5-2-12-25(30)26-13-3-6-17-31(26)37/h1-21H. The van der Waals surface area contributed by atoms with Crippen molar-refractivity contribution in [2.24, 2.45) is 0 Å². The minimum absolute atomic E-state index is 0.936. The first-order chi connectivity index (χ1) is 18.4. The molecular formula is C34H21N3. The van der Waals surface area contributed by atoms with E-state index in [1.165, 1.54) is 32.9 Å². The van der Waals surface area contributed by atoms with E-state index in [0.717, 1.165) is 38.4 Å².